The second-order valence-electron chi connectivity index (χ2n) is 8.85. The number of hydrogen-bond acceptors (Lipinski definition) is 5. The Morgan fingerprint density at radius 1 is 1.09 bits per heavy atom. The van der Waals surface area contributed by atoms with E-state index in [4.69, 9.17) is 34.0 Å². The van der Waals surface area contributed by atoms with Crippen LogP contribution in [0.3, 0.4) is 0 Å². The van der Waals surface area contributed by atoms with Crippen LogP contribution < -0.4 is 16.0 Å². The molecule has 1 fully saturated rings. The summed E-state index contributed by atoms with van der Waals surface area (Å²) in [7, 11) is 0. The van der Waals surface area contributed by atoms with Gasteiger partial charge in [-0.15, -0.1) is 0 Å². The van der Waals surface area contributed by atoms with Crippen LogP contribution in [0.1, 0.15) is 13.8 Å². The fourth-order valence-electron chi connectivity index (χ4n) is 4.53. The number of rotatable bonds is 6. The smallest absolute Gasteiger partial charge is 0.241 e. The van der Waals surface area contributed by atoms with Crippen LogP contribution in [-0.4, -0.2) is 45.2 Å². The highest BCUT2D eigenvalue weighted by Crippen LogP contribution is 2.39. The number of nitrogens with two attached hydrogens (primary N) is 1. The van der Waals surface area contributed by atoms with Crippen molar-refractivity contribution in [3.8, 4) is 22.4 Å². The Labute approximate surface area is 207 Å². The molecule has 0 atom stereocenters. The van der Waals surface area contributed by atoms with Crippen LogP contribution in [0.2, 0.25) is 10.0 Å². The number of aromatic nitrogens is 3. The van der Waals surface area contributed by atoms with E-state index in [0.29, 0.717) is 28.8 Å². The van der Waals surface area contributed by atoms with Crippen LogP contribution in [-0.2, 0) is 4.79 Å². The number of carbonyl (C=O) groups excluding carboxylic acids is 1. The summed E-state index contributed by atoms with van der Waals surface area (Å²) in [6.07, 6.45) is 1.75. The zero-order valence-electron chi connectivity index (χ0n) is 18.8. The molecule has 1 saturated heterocycles. The summed E-state index contributed by atoms with van der Waals surface area (Å²) in [4.78, 5) is 19.0. The Balaban J connectivity index is 1.66. The monoisotopic (exact) mass is 494 g/mol. The predicted molar refractivity (Wildman–Crippen MR) is 136 cm³/mol. The number of carbonyl (C=O) groups is 1. The highest BCUT2D eigenvalue weighted by atomic mass is 35.5. The summed E-state index contributed by atoms with van der Waals surface area (Å²) in [5.74, 6) is 0.461. The van der Waals surface area contributed by atoms with Crippen molar-refractivity contribution in [1.82, 2.24) is 19.9 Å². The molecule has 4 aromatic rings. The average molecular weight is 495 g/mol. The Kier molecular flexibility index (Phi) is 5.72. The number of nitrogens with one attached hydrogen (secondary N) is 1. The molecule has 0 spiro atoms. The Bertz CT molecular complexity index is 1380. The van der Waals surface area contributed by atoms with Gasteiger partial charge >= 0.3 is 0 Å². The van der Waals surface area contributed by atoms with Gasteiger partial charge in [-0.1, -0.05) is 53.5 Å². The minimum Gasteiger partial charge on any atom is -0.368 e. The van der Waals surface area contributed by atoms with Gasteiger partial charge in [0.25, 0.3) is 0 Å². The van der Waals surface area contributed by atoms with E-state index >= 15 is 0 Å². The van der Waals surface area contributed by atoms with Crippen molar-refractivity contribution < 1.29 is 4.79 Å². The number of hydrogen-bond donors (Lipinski definition) is 2. The molecule has 2 aromatic heterocycles. The molecule has 3 N–H and O–H groups in total. The van der Waals surface area contributed by atoms with Gasteiger partial charge < -0.3 is 10.6 Å². The van der Waals surface area contributed by atoms with Gasteiger partial charge in [0.2, 0.25) is 5.91 Å². The molecule has 9 heteroatoms. The molecule has 34 heavy (non-hydrogen) atoms. The molecule has 5 rings (SSSR count). The standard InChI is InChI=1S/C25H24Cl2N6O/c1-15(2)30-25(24(28)34)13-32(14-25)20-11-12-29-23-21(16-7-9-17(26)10-8-16)22(31-33(20)23)18-5-3-4-6-19(18)27/h3-12,15,30H,13-14H2,1-2H3,(H2,28,34). The lowest BCUT2D eigenvalue weighted by Crippen LogP contribution is -2.76. The molecule has 0 unspecified atom stereocenters. The van der Waals surface area contributed by atoms with Crippen molar-refractivity contribution in [2.45, 2.75) is 25.4 Å². The zero-order chi connectivity index (χ0) is 24.0. The van der Waals surface area contributed by atoms with Crippen molar-refractivity contribution in [1.29, 1.82) is 0 Å². The summed E-state index contributed by atoms with van der Waals surface area (Å²) in [6, 6.07) is 17.2. The molecule has 3 heterocycles. The van der Waals surface area contributed by atoms with Crippen molar-refractivity contribution in [3.05, 3.63) is 70.8 Å². The van der Waals surface area contributed by atoms with E-state index < -0.39 is 5.54 Å². The van der Waals surface area contributed by atoms with E-state index in [0.717, 1.165) is 28.2 Å². The molecule has 1 aliphatic rings. The van der Waals surface area contributed by atoms with E-state index in [2.05, 4.69) is 15.2 Å². The van der Waals surface area contributed by atoms with E-state index in [1.165, 1.54) is 0 Å². The number of amides is 1. The second kappa shape index (κ2) is 8.58. The van der Waals surface area contributed by atoms with Gasteiger partial charge in [0.05, 0.1) is 10.6 Å². The topological polar surface area (TPSA) is 88.5 Å². The summed E-state index contributed by atoms with van der Waals surface area (Å²) < 4.78 is 1.81. The van der Waals surface area contributed by atoms with Crippen LogP contribution in [0.4, 0.5) is 5.82 Å². The first-order chi connectivity index (χ1) is 16.3. The van der Waals surface area contributed by atoms with E-state index in [-0.39, 0.29) is 11.9 Å². The zero-order valence-corrected chi connectivity index (χ0v) is 20.3. The number of halogens is 2. The first kappa shape index (κ1) is 22.7. The molecule has 7 nitrogen and oxygen atoms in total. The molecule has 0 aliphatic carbocycles. The first-order valence-electron chi connectivity index (χ1n) is 11.0. The Morgan fingerprint density at radius 3 is 2.44 bits per heavy atom. The van der Waals surface area contributed by atoms with Gasteiger partial charge in [0.15, 0.2) is 5.65 Å². The van der Waals surface area contributed by atoms with Gasteiger partial charge in [-0.25, -0.2) is 4.98 Å². The summed E-state index contributed by atoms with van der Waals surface area (Å²) in [5, 5.41) is 9.53. The summed E-state index contributed by atoms with van der Waals surface area (Å²) in [6.45, 7) is 4.88. The third-order valence-corrected chi connectivity index (χ3v) is 6.62. The second-order valence-corrected chi connectivity index (χ2v) is 9.69. The highest BCUT2D eigenvalue weighted by Gasteiger charge is 2.49. The Morgan fingerprint density at radius 2 is 1.79 bits per heavy atom. The van der Waals surface area contributed by atoms with Gasteiger partial charge in [0.1, 0.15) is 17.1 Å². The minimum absolute atomic E-state index is 0.125. The molecule has 174 valence electrons. The van der Waals surface area contributed by atoms with Gasteiger partial charge in [0, 0.05) is 35.9 Å². The van der Waals surface area contributed by atoms with Crippen molar-refractivity contribution in [2.75, 3.05) is 18.0 Å². The number of primary amides is 1. The fourth-order valence-corrected chi connectivity index (χ4v) is 4.89. The molecule has 0 saturated carbocycles. The van der Waals surface area contributed by atoms with Crippen LogP contribution >= 0.6 is 23.2 Å². The lowest BCUT2D eigenvalue weighted by Gasteiger charge is -2.50. The third kappa shape index (κ3) is 3.79. The maximum atomic E-state index is 12.2. The summed E-state index contributed by atoms with van der Waals surface area (Å²) in [5.41, 5.74) is 8.97. The maximum Gasteiger partial charge on any atom is 0.241 e. The van der Waals surface area contributed by atoms with Gasteiger partial charge in [-0.3, -0.25) is 10.1 Å². The number of fused-ring (bicyclic) bond motifs is 1. The third-order valence-electron chi connectivity index (χ3n) is 6.04. The lowest BCUT2D eigenvalue weighted by atomic mass is 9.88. The van der Waals surface area contributed by atoms with Gasteiger partial charge in [-0.2, -0.15) is 9.61 Å². The van der Waals surface area contributed by atoms with Gasteiger partial charge in [-0.05, 0) is 43.7 Å². The fraction of sp³-hybridized carbons (Fsp3) is 0.240. The molecular weight excluding hydrogens is 471 g/mol. The minimum atomic E-state index is -0.776. The molecule has 0 bridgehead atoms. The van der Waals surface area contributed by atoms with Crippen LogP contribution in [0, 0.1) is 0 Å². The van der Waals surface area contributed by atoms with E-state index in [1.54, 1.807) is 6.20 Å². The van der Waals surface area contributed by atoms with Crippen LogP contribution in [0.15, 0.2) is 60.8 Å². The average Bonchev–Trinajstić information content (AvgIpc) is 3.16. The van der Waals surface area contributed by atoms with Crippen LogP contribution in [0.25, 0.3) is 28.0 Å². The molecule has 1 aliphatic heterocycles. The summed E-state index contributed by atoms with van der Waals surface area (Å²) >= 11 is 12.7. The van der Waals surface area contributed by atoms with Crippen molar-refractivity contribution in [2.24, 2.45) is 5.73 Å². The highest BCUT2D eigenvalue weighted by molar-refractivity contribution is 6.33. The quantitative estimate of drug-likeness (QED) is 0.414. The molecule has 0 radical (unpaired) electrons. The predicted octanol–water partition coefficient (Wildman–Crippen LogP) is 4.41. The number of benzene rings is 2. The van der Waals surface area contributed by atoms with E-state index in [1.807, 2.05) is 73.0 Å². The van der Waals surface area contributed by atoms with Crippen molar-refractivity contribution >= 4 is 40.6 Å². The lowest BCUT2D eigenvalue weighted by molar-refractivity contribution is -0.125. The molecule has 2 aromatic carbocycles. The van der Waals surface area contributed by atoms with E-state index in [9.17, 15) is 4.79 Å². The van der Waals surface area contributed by atoms with Crippen LogP contribution in [0.5, 0.6) is 0 Å². The number of nitrogens with zero attached hydrogens (tertiary/aromatic N) is 4. The first-order valence-corrected chi connectivity index (χ1v) is 11.8. The van der Waals surface area contributed by atoms with Crippen molar-refractivity contribution in [3.63, 3.8) is 0 Å². The maximum absolute atomic E-state index is 12.2. The molecular formula is C25H24Cl2N6O. The number of anilines is 1. The molecule has 1 amide bonds. The SMILES string of the molecule is CC(C)NC1(C(N)=O)CN(c2ccnc3c(-c4ccc(Cl)cc4)c(-c4ccccc4Cl)nn23)C1. The largest absolute Gasteiger partial charge is 0.368 e. The normalized spacial score (nSPS) is 15.0. The Hall–Kier alpha value is -3.13.